The van der Waals surface area contributed by atoms with Gasteiger partial charge in [0.05, 0.1) is 0 Å². The van der Waals surface area contributed by atoms with Crippen molar-refractivity contribution in [3.63, 3.8) is 0 Å². The Bertz CT molecular complexity index is 817. The highest BCUT2D eigenvalue weighted by Crippen LogP contribution is 2.34. The molecule has 26 heavy (non-hydrogen) atoms. The van der Waals surface area contributed by atoms with Gasteiger partial charge in [-0.15, -0.1) is 13.2 Å². The number of ether oxygens (including phenoxy) is 1. The van der Waals surface area contributed by atoms with Crippen LogP contribution in [0.1, 0.15) is 30.4 Å². The average Bonchev–Trinajstić information content (AvgIpc) is 2.64. The predicted octanol–water partition coefficient (Wildman–Crippen LogP) is 6.00. The molecule has 0 aliphatic heterocycles. The van der Waals surface area contributed by atoms with Crippen molar-refractivity contribution >= 4 is 0 Å². The van der Waals surface area contributed by atoms with E-state index in [-0.39, 0.29) is 11.9 Å². The van der Waals surface area contributed by atoms with E-state index in [0.717, 1.165) is 60.1 Å². The standard InChI is InChI=1S/C24H26O2/c1-3-8-18-12-13-24(25)23(16-18)20-14-19(9-4-2)15-22(17-20)26-21-10-6-5-7-11-21/h3-6,12-17,21,25H,1-2,7-11H2. The number of hydrogen-bond donors (Lipinski definition) is 1. The Morgan fingerprint density at radius 1 is 1.00 bits per heavy atom. The lowest BCUT2D eigenvalue weighted by Crippen LogP contribution is -2.17. The molecule has 2 heteroatoms. The Balaban J connectivity index is 1.97. The van der Waals surface area contributed by atoms with Gasteiger partial charge in [-0.3, -0.25) is 0 Å². The fourth-order valence-electron chi connectivity index (χ4n) is 3.34. The van der Waals surface area contributed by atoms with E-state index in [4.69, 9.17) is 4.74 Å². The summed E-state index contributed by atoms with van der Waals surface area (Å²) in [5.74, 6) is 1.13. The third-order valence-electron chi connectivity index (χ3n) is 4.62. The molecule has 1 unspecified atom stereocenters. The monoisotopic (exact) mass is 346 g/mol. The molecule has 3 rings (SSSR count). The molecule has 2 nitrogen and oxygen atoms in total. The molecule has 0 saturated heterocycles. The number of benzene rings is 2. The van der Waals surface area contributed by atoms with Gasteiger partial charge in [-0.25, -0.2) is 0 Å². The van der Waals surface area contributed by atoms with Crippen LogP contribution in [-0.4, -0.2) is 11.2 Å². The minimum atomic E-state index is 0.215. The molecule has 0 spiro atoms. The second-order valence-electron chi connectivity index (χ2n) is 6.73. The molecule has 0 heterocycles. The van der Waals surface area contributed by atoms with Crippen molar-refractivity contribution in [1.82, 2.24) is 0 Å². The van der Waals surface area contributed by atoms with E-state index in [1.54, 1.807) is 6.07 Å². The van der Waals surface area contributed by atoms with Crippen molar-refractivity contribution in [2.24, 2.45) is 0 Å². The first-order valence-corrected chi connectivity index (χ1v) is 9.19. The lowest BCUT2D eigenvalue weighted by molar-refractivity contribution is 0.191. The topological polar surface area (TPSA) is 29.5 Å². The maximum atomic E-state index is 10.4. The molecule has 0 amide bonds. The predicted molar refractivity (Wildman–Crippen MR) is 109 cm³/mol. The molecule has 0 radical (unpaired) electrons. The summed E-state index contributed by atoms with van der Waals surface area (Å²) in [7, 11) is 0. The number of aromatic hydroxyl groups is 1. The van der Waals surface area contributed by atoms with Gasteiger partial charge in [0.25, 0.3) is 0 Å². The van der Waals surface area contributed by atoms with E-state index in [1.807, 2.05) is 30.4 Å². The van der Waals surface area contributed by atoms with Crippen LogP contribution in [0.5, 0.6) is 11.5 Å². The zero-order valence-electron chi connectivity index (χ0n) is 15.2. The normalized spacial score (nSPS) is 16.2. The third-order valence-corrected chi connectivity index (χ3v) is 4.62. The van der Waals surface area contributed by atoms with Gasteiger partial charge in [0.1, 0.15) is 17.6 Å². The summed E-state index contributed by atoms with van der Waals surface area (Å²) in [6.45, 7) is 7.65. The smallest absolute Gasteiger partial charge is 0.123 e. The van der Waals surface area contributed by atoms with Crippen LogP contribution in [0.15, 0.2) is 73.9 Å². The average molecular weight is 346 g/mol. The van der Waals surface area contributed by atoms with Gasteiger partial charge in [0.15, 0.2) is 0 Å². The summed E-state index contributed by atoms with van der Waals surface area (Å²) >= 11 is 0. The highest BCUT2D eigenvalue weighted by atomic mass is 16.5. The van der Waals surface area contributed by atoms with Crippen LogP contribution < -0.4 is 4.74 Å². The van der Waals surface area contributed by atoms with Gasteiger partial charge in [0, 0.05) is 12.0 Å². The Hall–Kier alpha value is -2.74. The molecule has 1 aliphatic carbocycles. The van der Waals surface area contributed by atoms with Crippen molar-refractivity contribution < 1.29 is 9.84 Å². The SMILES string of the molecule is C=CCc1cc(OC2CC=CCC2)cc(-c2cc(CC=C)ccc2O)c1. The Morgan fingerprint density at radius 3 is 2.54 bits per heavy atom. The first-order chi connectivity index (χ1) is 12.7. The summed E-state index contributed by atoms with van der Waals surface area (Å²) in [6, 6.07) is 11.9. The number of phenols is 1. The Labute approximate surface area is 156 Å². The van der Waals surface area contributed by atoms with Gasteiger partial charge in [0.2, 0.25) is 0 Å². The molecule has 0 aromatic heterocycles. The molecular formula is C24H26O2. The minimum Gasteiger partial charge on any atom is -0.507 e. The second-order valence-corrected chi connectivity index (χ2v) is 6.73. The fraction of sp³-hybridized carbons (Fsp3) is 0.250. The highest BCUT2D eigenvalue weighted by molar-refractivity contribution is 5.73. The summed E-state index contributed by atoms with van der Waals surface area (Å²) in [5.41, 5.74) is 4.05. The summed E-state index contributed by atoms with van der Waals surface area (Å²) in [4.78, 5) is 0. The molecule has 0 saturated carbocycles. The number of allylic oxidation sites excluding steroid dienone is 3. The van der Waals surface area contributed by atoms with Gasteiger partial charge in [-0.1, -0.05) is 36.4 Å². The highest BCUT2D eigenvalue weighted by Gasteiger charge is 2.14. The van der Waals surface area contributed by atoms with Gasteiger partial charge in [-0.2, -0.15) is 0 Å². The lowest BCUT2D eigenvalue weighted by atomic mass is 9.97. The first-order valence-electron chi connectivity index (χ1n) is 9.19. The van der Waals surface area contributed by atoms with E-state index < -0.39 is 0 Å². The van der Waals surface area contributed by atoms with Crippen molar-refractivity contribution in [3.05, 3.63) is 85.0 Å². The lowest BCUT2D eigenvalue weighted by Gasteiger charge is -2.21. The maximum Gasteiger partial charge on any atom is 0.123 e. The summed E-state index contributed by atoms with van der Waals surface area (Å²) in [6.07, 6.45) is 13.0. The third kappa shape index (κ3) is 4.45. The van der Waals surface area contributed by atoms with Crippen LogP contribution in [0.4, 0.5) is 0 Å². The molecular weight excluding hydrogens is 320 g/mol. The quantitative estimate of drug-likeness (QED) is 0.623. The largest absolute Gasteiger partial charge is 0.507 e. The molecule has 1 aliphatic rings. The van der Waals surface area contributed by atoms with Crippen molar-refractivity contribution in [2.75, 3.05) is 0 Å². The molecule has 0 fully saturated rings. The van der Waals surface area contributed by atoms with Gasteiger partial charge >= 0.3 is 0 Å². The Kier molecular flexibility index (Phi) is 5.96. The zero-order valence-corrected chi connectivity index (χ0v) is 15.2. The van der Waals surface area contributed by atoms with Gasteiger partial charge in [-0.05, 0) is 66.6 Å². The van der Waals surface area contributed by atoms with Crippen molar-refractivity contribution in [2.45, 2.75) is 38.2 Å². The van der Waals surface area contributed by atoms with E-state index in [2.05, 4.69) is 37.4 Å². The molecule has 134 valence electrons. The van der Waals surface area contributed by atoms with Gasteiger partial charge < -0.3 is 9.84 Å². The van der Waals surface area contributed by atoms with E-state index in [9.17, 15) is 5.11 Å². The van der Waals surface area contributed by atoms with Crippen LogP contribution in [-0.2, 0) is 12.8 Å². The molecule has 0 bridgehead atoms. The van der Waals surface area contributed by atoms with Crippen molar-refractivity contribution in [3.8, 4) is 22.6 Å². The number of hydrogen-bond acceptors (Lipinski definition) is 2. The molecule has 2 aromatic carbocycles. The summed E-state index contributed by atoms with van der Waals surface area (Å²) < 4.78 is 6.24. The van der Waals surface area contributed by atoms with Crippen LogP contribution in [0.25, 0.3) is 11.1 Å². The second kappa shape index (κ2) is 8.57. The van der Waals surface area contributed by atoms with E-state index >= 15 is 0 Å². The van der Waals surface area contributed by atoms with E-state index in [0.29, 0.717) is 0 Å². The fourth-order valence-corrected chi connectivity index (χ4v) is 3.34. The number of phenolic OH excluding ortho intramolecular Hbond substituents is 1. The molecule has 2 aromatic rings. The van der Waals surface area contributed by atoms with Crippen molar-refractivity contribution in [1.29, 1.82) is 0 Å². The molecule has 1 atom stereocenters. The number of rotatable bonds is 7. The summed E-state index contributed by atoms with van der Waals surface area (Å²) in [5, 5.41) is 10.4. The Morgan fingerprint density at radius 2 is 1.81 bits per heavy atom. The van der Waals surface area contributed by atoms with Crippen LogP contribution >= 0.6 is 0 Å². The first kappa shape index (κ1) is 18.1. The van der Waals surface area contributed by atoms with Crippen LogP contribution in [0, 0.1) is 0 Å². The van der Waals surface area contributed by atoms with Crippen LogP contribution in [0.3, 0.4) is 0 Å². The molecule has 1 N–H and O–H groups in total. The van der Waals surface area contributed by atoms with E-state index in [1.165, 1.54) is 0 Å². The minimum absolute atomic E-state index is 0.215. The van der Waals surface area contributed by atoms with Crippen LogP contribution in [0.2, 0.25) is 0 Å². The maximum absolute atomic E-state index is 10.4. The zero-order chi connectivity index (χ0) is 18.4.